The molecular weight excluding hydrogens is 325 g/mol. The summed E-state index contributed by atoms with van der Waals surface area (Å²) in [7, 11) is -0.0576. The number of halogens is 3. The van der Waals surface area contributed by atoms with Crippen molar-refractivity contribution in [2.24, 2.45) is 0 Å². The molecule has 23 heavy (non-hydrogen) atoms. The highest BCUT2D eigenvalue weighted by Gasteiger charge is 2.41. The Bertz CT molecular complexity index is 650. The third kappa shape index (κ3) is 3.47. The SMILES string of the molecule is CCO[Si](OC)(OC)c1ccc(-c2c(F)cc(F)cc2F)cc1. The molecule has 0 aromatic heterocycles. The van der Waals surface area contributed by atoms with Crippen molar-refractivity contribution in [1.29, 1.82) is 0 Å². The van der Waals surface area contributed by atoms with Crippen LogP contribution in [-0.4, -0.2) is 29.6 Å². The van der Waals surface area contributed by atoms with Crippen molar-refractivity contribution in [3.05, 3.63) is 53.8 Å². The minimum atomic E-state index is -3.03. The molecule has 0 saturated heterocycles. The van der Waals surface area contributed by atoms with Gasteiger partial charge < -0.3 is 13.3 Å². The fraction of sp³-hybridized carbons (Fsp3) is 0.250. The topological polar surface area (TPSA) is 27.7 Å². The average molecular weight is 342 g/mol. The number of hydrogen-bond donors (Lipinski definition) is 0. The molecule has 124 valence electrons. The van der Waals surface area contributed by atoms with E-state index in [1.54, 1.807) is 12.1 Å². The van der Waals surface area contributed by atoms with Crippen LogP contribution in [0.25, 0.3) is 11.1 Å². The van der Waals surface area contributed by atoms with Crippen LogP contribution in [0.3, 0.4) is 0 Å². The molecular formula is C16H17F3O3Si. The Morgan fingerprint density at radius 1 is 0.913 bits per heavy atom. The van der Waals surface area contributed by atoms with Gasteiger partial charge in [-0.1, -0.05) is 24.3 Å². The van der Waals surface area contributed by atoms with E-state index in [1.165, 1.54) is 26.4 Å². The predicted molar refractivity (Wildman–Crippen MR) is 82.8 cm³/mol. The molecule has 0 aliphatic heterocycles. The summed E-state index contributed by atoms with van der Waals surface area (Å²) in [5.41, 5.74) is 0.00631. The molecule has 2 rings (SSSR count). The molecule has 0 saturated carbocycles. The first-order valence-corrected chi connectivity index (χ1v) is 8.69. The van der Waals surface area contributed by atoms with Crippen molar-refractivity contribution in [2.45, 2.75) is 6.92 Å². The molecule has 0 aliphatic carbocycles. The molecule has 7 heteroatoms. The van der Waals surface area contributed by atoms with Crippen molar-refractivity contribution < 1.29 is 26.4 Å². The van der Waals surface area contributed by atoms with Crippen LogP contribution in [0.15, 0.2) is 36.4 Å². The molecule has 2 aromatic rings. The van der Waals surface area contributed by atoms with E-state index in [-0.39, 0.29) is 11.1 Å². The van der Waals surface area contributed by atoms with Gasteiger partial charge in [0.25, 0.3) is 0 Å². The molecule has 0 bridgehead atoms. The molecule has 0 spiro atoms. The largest absolute Gasteiger partial charge is 0.536 e. The van der Waals surface area contributed by atoms with Crippen LogP contribution >= 0.6 is 0 Å². The van der Waals surface area contributed by atoms with Gasteiger partial charge in [0.15, 0.2) is 0 Å². The Morgan fingerprint density at radius 2 is 1.43 bits per heavy atom. The second kappa shape index (κ2) is 7.27. The van der Waals surface area contributed by atoms with Crippen LogP contribution in [0.5, 0.6) is 0 Å². The van der Waals surface area contributed by atoms with E-state index in [0.29, 0.717) is 23.9 Å². The summed E-state index contributed by atoms with van der Waals surface area (Å²) in [5.74, 6) is -2.87. The van der Waals surface area contributed by atoms with E-state index in [9.17, 15) is 13.2 Å². The van der Waals surface area contributed by atoms with Crippen LogP contribution in [0.4, 0.5) is 13.2 Å². The second-order valence-electron chi connectivity index (χ2n) is 4.72. The van der Waals surface area contributed by atoms with Crippen molar-refractivity contribution >= 4 is 14.0 Å². The maximum absolute atomic E-state index is 13.8. The zero-order valence-electron chi connectivity index (χ0n) is 13.0. The monoisotopic (exact) mass is 342 g/mol. The Kier molecular flexibility index (Phi) is 5.58. The van der Waals surface area contributed by atoms with E-state index in [2.05, 4.69) is 0 Å². The number of rotatable bonds is 6. The van der Waals surface area contributed by atoms with Crippen molar-refractivity contribution in [3.8, 4) is 11.1 Å². The Balaban J connectivity index is 2.44. The Hall–Kier alpha value is -1.67. The smallest absolute Gasteiger partial charge is 0.373 e. The van der Waals surface area contributed by atoms with E-state index in [0.717, 1.165) is 0 Å². The van der Waals surface area contributed by atoms with Crippen LogP contribution in [-0.2, 0) is 13.3 Å². The summed E-state index contributed by atoms with van der Waals surface area (Å²) < 4.78 is 57.1. The first-order valence-electron chi connectivity index (χ1n) is 6.97. The lowest BCUT2D eigenvalue weighted by Gasteiger charge is -2.26. The van der Waals surface area contributed by atoms with Gasteiger partial charge in [-0.2, -0.15) is 0 Å². The fourth-order valence-corrected chi connectivity index (χ4v) is 4.36. The maximum atomic E-state index is 13.8. The highest BCUT2D eigenvalue weighted by molar-refractivity contribution is 6.75. The van der Waals surface area contributed by atoms with Gasteiger partial charge in [-0.25, -0.2) is 13.2 Å². The molecule has 3 nitrogen and oxygen atoms in total. The van der Waals surface area contributed by atoms with Gasteiger partial charge in [0, 0.05) is 38.1 Å². The molecule has 0 N–H and O–H groups in total. The number of hydrogen-bond acceptors (Lipinski definition) is 3. The van der Waals surface area contributed by atoms with Gasteiger partial charge in [0.1, 0.15) is 17.5 Å². The first kappa shape index (κ1) is 17.7. The quantitative estimate of drug-likeness (QED) is 0.755. The normalized spacial score (nSPS) is 11.7. The minimum Gasteiger partial charge on any atom is -0.373 e. The second-order valence-corrected chi connectivity index (χ2v) is 7.51. The zero-order valence-corrected chi connectivity index (χ0v) is 14.0. The molecule has 0 atom stereocenters. The molecule has 0 amide bonds. The van der Waals surface area contributed by atoms with Crippen LogP contribution in [0.1, 0.15) is 6.92 Å². The van der Waals surface area contributed by atoms with Crippen molar-refractivity contribution in [1.82, 2.24) is 0 Å². The summed E-state index contributed by atoms with van der Waals surface area (Å²) in [5, 5.41) is 0.663. The van der Waals surface area contributed by atoms with E-state index < -0.39 is 26.3 Å². The Morgan fingerprint density at radius 3 is 1.87 bits per heavy atom. The van der Waals surface area contributed by atoms with E-state index in [4.69, 9.17) is 13.3 Å². The minimum absolute atomic E-state index is 0.281. The van der Waals surface area contributed by atoms with Crippen molar-refractivity contribution in [3.63, 3.8) is 0 Å². The summed E-state index contributed by atoms with van der Waals surface area (Å²) in [6.07, 6.45) is 0. The van der Waals surface area contributed by atoms with Crippen LogP contribution < -0.4 is 5.19 Å². The van der Waals surface area contributed by atoms with Gasteiger partial charge in [0.05, 0.1) is 5.56 Å². The summed E-state index contributed by atoms with van der Waals surface area (Å²) in [6, 6.07) is 7.60. The van der Waals surface area contributed by atoms with Gasteiger partial charge in [0.2, 0.25) is 0 Å². The van der Waals surface area contributed by atoms with Gasteiger partial charge in [-0.3, -0.25) is 0 Å². The van der Waals surface area contributed by atoms with E-state index in [1.807, 2.05) is 6.92 Å². The summed E-state index contributed by atoms with van der Waals surface area (Å²) in [6.45, 7) is 2.22. The summed E-state index contributed by atoms with van der Waals surface area (Å²) in [4.78, 5) is 0. The molecule has 0 radical (unpaired) electrons. The lowest BCUT2D eigenvalue weighted by atomic mass is 10.0. The van der Waals surface area contributed by atoms with Crippen LogP contribution in [0, 0.1) is 17.5 Å². The standard InChI is InChI=1S/C16H17F3O3Si/c1-4-22-23(20-2,21-3)13-7-5-11(6-8-13)16-14(18)9-12(17)10-15(16)19/h5-10H,4H2,1-3H3. The lowest BCUT2D eigenvalue weighted by molar-refractivity contribution is 0.120. The first-order chi connectivity index (χ1) is 11.0. The molecule has 0 fully saturated rings. The lowest BCUT2D eigenvalue weighted by Crippen LogP contribution is -2.55. The highest BCUT2D eigenvalue weighted by atomic mass is 28.4. The van der Waals surface area contributed by atoms with Crippen molar-refractivity contribution in [2.75, 3.05) is 20.8 Å². The molecule has 0 unspecified atom stereocenters. The van der Waals surface area contributed by atoms with Gasteiger partial charge in [-0.15, -0.1) is 0 Å². The average Bonchev–Trinajstić information content (AvgIpc) is 2.52. The fourth-order valence-electron chi connectivity index (χ4n) is 2.37. The third-order valence-electron chi connectivity index (χ3n) is 3.41. The molecule has 0 heterocycles. The Labute approximate surface area is 134 Å². The van der Waals surface area contributed by atoms with E-state index >= 15 is 0 Å². The molecule has 2 aromatic carbocycles. The zero-order chi connectivity index (χ0) is 17.0. The number of benzene rings is 2. The summed E-state index contributed by atoms with van der Waals surface area (Å²) >= 11 is 0. The van der Waals surface area contributed by atoms with Crippen LogP contribution in [0.2, 0.25) is 0 Å². The predicted octanol–water partition coefficient (Wildman–Crippen LogP) is 3.25. The van der Waals surface area contributed by atoms with Gasteiger partial charge >= 0.3 is 8.80 Å². The maximum Gasteiger partial charge on any atom is 0.536 e. The highest BCUT2D eigenvalue weighted by Crippen LogP contribution is 2.26. The van der Waals surface area contributed by atoms with Gasteiger partial charge in [-0.05, 0) is 12.5 Å². The molecule has 0 aliphatic rings. The third-order valence-corrected chi connectivity index (χ3v) is 6.19.